The first-order valence-corrected chi connectivity index (χ1v) is 18.7. The third-order valence-corrected chi connectivity index (χ3v) is 8.23. The number of unbranched alkanes of at least 4 members (excludes halogenated alkanes) is 17. The molecule has 11 heteroatoms. The van der Waals surface area contributed by atoms with E-state index in [0.29, 0.717) is 13.0 Å². The molecule has 4 N–H and O–H groups in total. The van der Waals surface area contributed by atoms with Crippen LogP contribution in [-0.2, 0) is 32.7 Å². The monoisotopic (exact) mass is 649 g/mol. The Labute approximate surface area is 267 Å². The molecule has 0 amide bonds. The number of carboxylic acid groups (broad SMARTS) is 1. The standard InChI is InChI=1S/C33H64NO9P/c1-3-5-7-9-11-13-15-16-18-20-22-24-26-40-27-30(28-41-44(38,39)42-29-31(34)33(36)37)43-32(35)25-23-21-19-17-14-12-10-8-6-4-2/h8,10,30-31H,3-7,9,11-29,34H2,1-2H3,(H,36,37)(H,38,39)/b10-8-. The maximum Gasteiger partial charge on any atom is 0.472 e. The Kier molecular flexibility index (Phi) is 29.5. The lowest BCUT2D eigenvalue weighted by Gasteiger charge is -2.20. The number of carbonyl (C=O) groups excluding carboxylic acids is 1. The summed E-state index contributed by atoms with van der Waals surface area (Å²) in [6.07, 6.45) is 27.0. The first-order chi connectivity index (χ1) is 21.2. The number of nitrogens with two attached hydrogens (primary N) is 1. The molecule has 44 heavy (non-hydrogen) atoms. The number of aliphatic carboxylic acids is 1. The predicted molar refractivity (Wildman–Crippen MR) is 175 cm³/mol. The molecule has 3 atom stereocenters. The molecule has 0 bridgehead atoms. The van der Waals surface area contributed by atoms with Crippen molar-refractivity contribution < 1.29 is 42.7 Å². The van der Waals surface area contributed by atoms with Crippen LogP contribution in [0.15, 0.2) is 12.2 Å². The number of carboxylic acids is 1. The number of ether oxygens (including phenoxy) is 2. The van der Waals surface area contributed by atoms with Gasteiger partial charge in [-0.25, -0.2) is 4.57 Å². The van der Waals surface area contributed by atoms with E-state index in [9.17, 15) is 19.0 Å². The second-order valence-corrected chi connectivity index (χ2v) is 13.1. The van der Waals surface area contributed by atoms with Gasteiger partial charge >= 0.3 is 19.8 Å². The highest BCUT2D eigenvalue weighted by molar-refractivity contribution is 7.47. The van der Waals surface area contributed by atoms with Crippen molar-refractivity contribution in [1.82, 2.24) is 0 Å². The molecule has 0 rings (SSSR count). The minimum absolute atomic E-state index is 0.0178. The topological polar surface area (TPSA) is 155 Å². The van der Waals surface area contributed by atoms with Crippen LogP contribution in [0.25, 0.3) is 0 Å². The van der Waals surface area contributed by atoms with E-state index in [1.165, 1.54) is 64.2 Å². The molecule has 0 aromatic carbocycles. The zero-order valence-electron chi connectivity index (χ0n) is 27.8. The molecular weight excluding hydrogens is 585 g/mol. The van der Waals surface area contributed by atoms with Crippen molar-refractivity contribution in [1.29, 1.82) is 0 Å². The third-order valence-electron chi connectivity index (χ3n) is 7.28. The second kappa shape index (κ2) is 30.4. The summed E-state index contributed by atoms with van der Waals surface area (Å²) in [5.41, 5.74) is 5.32. The van der Waals surface area contributed by atoms with Crippen molar-refractivity contribution in [3.63, 3.8) is 0 Å². The van der Waals surface area contributed by atoms with Crippen molar-refractivity contribution in [2.24, 2.45) is 5.73 Å². The molecule has 0 aromatic heterocycles. The van der Waals surface area contributed by atoms with Crippen molar-refractivity contribution in [3.05, 3.63) is 12.2 Å². The largest absolute Gasteiger partial charge is 0.480 e. The summed E-state index contributed by atoms with van der Waals surface area (Å²) < 4.78 is 33.0. The average molecular weight is 650 g/mol. The van der Waals surface area contributed by atoms with E-state index in [-0.39, 0.29) is 13.0 Å². The molecule has 0 heterocycles. The maximum atomic E-state index is 12.5. The average Bonchev–Trinajstić information content (AvgIpc) is 2.99. The molecule has 0 aliphatic heterocycles. The summed E-state index contributed by atoms with van der Waals surface area (Å²) in [6.45, 7) is 3.79. The Morgan fingerprint density at radius 1 is 0.705 bits per heavy atom. The van der Waals surface area contributed by atoms with Gasteiger partial charge in [0.2, 0.25) is 0 Å². The van der Waals surface area contributed by atoms with Crippen LogP contribution in [0.1, 0.15) is 149 Å². The molecule has 0 aliphatic rings. The van der Waals surface area contributed by atoms with Crippen molar-refractivity contribution in [3.8, 4) is 0 Å². The summed E-state index contributed by atoms with van der Waals surface area (Å²) in [5, 5.41) is 8.83. The Morgan fingerprint density at radius 2 is 1.23 bits per heavy atom. The fourth-order valence-corrected chi connectivity index (χ4v) is 5.32. The van der Waals surface area contributed by atoms with Gasteiger partial charge in [0, 0.05) is 13.0 Å². The Balaban J connectivity index is 4.35. The van der Waals surface area contributed by atoms with Crippen LogP contribution in [0, 0.1) is 0 Å². The normalized spacial score (nSPS) is 14.5. The van der Waals surface area contributed by atoms with E-state index in [0.717, 1.165) is 57.8 Å². The zero-order chi connectivity index (χ0) is 32.7. The zero-order valence-corrected chi connectivity index (χ0v) is 28.7. The minimum Gasteiger partial charge on any atom is -0.480 e. The smallest absolute Gasteiger partial charge is 0.472 e. The van der Waals surface area contributed by atoms with E-state index in [1.54, 1.807) is 0 Å². The van der Waals surface area contributed by atoms with E-state index >= 15 is 0 Å². The first kappa shape index (κ1) is 42.7. The third kappa shape index (κ3) is 29.4. The maximum absolute atomic E-state index is 12.5. The Hall–Kier alpha value is -1.29. The lowest BCUT2D eigenvalue weighted by molar-refractivity contribution is -0.154. The summed E-state index contributed by atoms with van der Waals surface area (Å²) >= 11 is 0. The molecule has 0 spiro atoms. The number of allylic oxidation sites excluding steroid dienone is 2. The number of phosphoric ester groups is 1. The Morgan fingerprint density at radius 3 is 1.82 bits per heavy atom. The molecule has 0 aromatic rings. The van der Waals surface area contributed by atoms with Gasteiger partial charge in [0.25, 0.3) is 0 Å². The fraction of sp³-hybridized carbons (Fsp3) is 0.879. The number of rotatable bonds is 33. The van der Waals surface area contributed by atoms with Crippen LogP contribution in [0.2, 0.25) is 0 Å². The lowest BCUT2D eigenvalue weighted by atomic mass is 10.1. The fourth-order valence-electron chi connectivity index (χ4n) is 4.55. The van der Waals surface area contributed by atoms with Crippen LogP contribution in [0.4, 0.5) is 0 Å². The van der Waals surface area contributed by atoms with Crippen molar-refractivity contribution in [2.45, 2.75) is 161 Å². The Bertz CT molecular complexity index is 766. The van der Waals surface area contributed by atoms with Gasteiger partial charge in [-0.1, -0.05) is 122 Å². The number of hydrogen-bond acceptors (Lipinski definition) is 8. The molecular formula is C33H64NO9P. The number of carbonyl (C=O) groups is 2. The molecule has 0 radical (unpaired) electrons. The van der Waals surface area contributed by atoms with Gasteiger partial charge in [-0.3, -0.25) is 18.6 Å². The van der Waals surface area contributed by atoms with Crippen LogP contribution in [-0.4, -0.2) is 60.5 Å². The molecule has 260 valence electrons. The SMILES string of the molecule is CCC/C=C\CCCCCCCC(=O)OC(COCCCCCCCCCCCCCC)COP(=O)(O)OCC(N)C(=O)O. The predicted octanol–water partition coefficient (Wildman–Crippen LogP) is 8.25. The van der Waals surface area contributed by atoms with Gasteiger partial charge in [-0.05, 0) is 32.1 Å². The minimum atomic E-state index is -4.60. The lowest BCUT2D eigenvalue weighted by Crippen LogP contribution is -2.34. The number of esters is 1. The summed E-state index contributed by atoms with van der Waals surface area (Å²) in [6, 6.07) is -1.47. The summed E-state index contributed by atoms with van der Waals surface area (Å²) in [4.78, 5) is 33.2. The highest BCUT2D eigenvalue weighted by Gasteiger charge is 2.27. The van der Waals surface area contributed by atoms with Gasteiger partial charge in [0.05, 0.1) is 19.8 Å². The van der Waals surface area contributed by atoms with Crippen molar-refractivity contribution in [2.75, 3.05) is 26.4 Å². The van der Waals surface area contributed by atoms with Gasteiger partial charge in [-0.2, -0.15) is 0 Å². The van der Waals surface area contributed by atoms with E-state index in [4.69, 9.17) is 24.8 Å². The van der Waals surface area contributed by atoms with Gasteiger partial charge in [0.1, 0.15) is 12.1 Å². The molecule has 0 saturated carbocycles. The second-order valence-electron chi connectivity index (χ2n) is 11.6. The molecule has 3 unspecified atom stereocenters. The quantitative estimate of drug-likeness (QED) is 0.0274. The van der Waals surface area contributed by atoms with Crippen molar-refractivity contribution >= 4 is 19.8 Å². The first-order valence-electron chi connectivity index (χ1n) is 17.2. The summed E-state index contributed by atoms with van der Waals surface area (Å²) in [7, 11) is -4.60. The van der Waals surface area contributed by atoms with Crippen LogP contribution < -0.4 is 5.73 Å². The van der Waals surface area contributed by atoms with Crippen LogP contribution >= 0.6 is 7.82 Å². The highest BCUT2D eigenvalue weighted by Crippen LogP contribution is 2.43. The molecule has 0 fully saturated rings. The molecule has 0 aliphatic carbocycles. The highest BCUT2D eigenvalue weighted by atomic mass is 31.2. The van der Waals surface area contributed by atoms with Gasteiger partial charge < -0.3 is 25.2 Å². The molecule has 0 saturated heterocycles. The number of phosphoric acid groups is 1. The van der Waals surface area contributed by atoms with E-state index in [2.05, 4.69) is 30.5 Å². The van der Waals surface area contributed by atoms with Crippen LogP contribution in [0.3, 0.4) is 0 Å². The van der Waals surface area contributed by atoms with Crippen LogP contribution in [0.5, 0.6) is 0 Å². The van der Waals surface area contributed by atoms with Gasteiger partial charge in [-0.15, -0.1) is 0 Å². The summed E-state index contributed by atoms with van der Waals surface area (Å²) in [5.74, 6) is -1.79. The van der Waals surface area contributed by atoms with E-state index < -0.39 is 45.1 Å². The molecule has 10 nitrogen and oxygen atoms in total. The van der Waals surface area contributed by atoms with Gasteiger partial charge in [0.15, 0.2) is 0 Å². The van der Waals surface area contributed by atoms with E-state index in [1.807, 2.05) is 0 Å². The number of hydrogen-bond donors (Lipinski definition) is 3.